The second kappa shape index (κ2) is 6.54. The van der Waals surface area contributed by atoms with Crippen molar-refractivity contribution < 1.29 is 0 Å². The highest BCUT2D eigenvalue weighted by molar-refractivity contribution is 6.03. The zero-order valence-electron chi connectivity index (χ0n) is 11.1. The van der Waals surface area contributed by atoms with E-state index in [4.69, 9.17) is 0 Å². The fourth-order valence-corrected chi connectivity index (χ4v) is 1.73. The van der Waals surface area contributed by atoms with E-state index in [0.717, 1.165) is 29.2 Å². The molecule has 0 N–H and O–H groups in total. The summed E-state index contributed by atoms with van der Waals surface area (Å²) in [6.45, 7) is 4.01. The van der Waals surface area contributed by atoms with Gasteiger partial charge < -0.3 is 0 Å². The van der Waals surface area contributed by atoms with Gasteiger partial charge in [-0.05, 0) is 38.1 Å². The summed E-state index contributed by atoms with van der Waals surface area (Å²) in [6.07, 6.45) is 7.72. The normalized spacial score (nSPS) is 12.5. The van der Waals surface area contributed by atoms with Gasteiger partial charge in [-0.1, -0.05) is 0 Å². The van der Waals surface area contributed by atoms with Crippen LogP contribution in [0.25, 0.3) is 0 Å². The van der Waals surface area contributed by atoms with Gasteiger partial charge in [-0.15, -0.1) is 0 Å². The monoisotopic (exact) mass is 252 g/mol. The number of aliphatic imine (C=N–C) groups is 2. The Kier molecular flexibility index (Phi) is 4.50. The van der Waals surface area contributed by atoms with Crippen LogP contribution in [0.3, 0.4) is 0 Å². The molecule has 0 aromatic carbocycles. The van der Waals surface area contributed by atoms with Crippen LogP contribution < -0.4 is 0 Å². The zero-order chi connectivity index (χ0) is 13.5. The van der Waals surface area contributed by atoms with Crippen molar-refractivity contribution in [3.8, 4) is 0 Å². The summed E-state index contributed by atoms with van der Waals surface area (Å²) in [5.74, 6) is 0. The quantitative estimate of drug-likeness (QED) is 0.778. The molecule has 0 atom stereocenters. The van der Waals surface area contributed by atoms with Crippen LogP contribution in [0, 0.1) is 0 Å². The Morgan fingerprint density at radius 3 is 1.53 bits per heavy atom. The minimum Gasteiger partial charge on any atom is -0.265 e. The number of rotatable bonds is 4. The first-order valence-corrected chi connectivity index (χ1v) is 6.12. The zero-order valence-corrected chi connectivity index (χ0v) is 11.1. The van der Waals surface area contributed by atoms with E-state index in [1.807, 2.05) is 38.1 Å². The Morgan fingerprint density at radius 1 is 0.789 bits per heavy atom. The fraction of sp³-hybridized carbons (Fsp3) is 0.200. The van der Waals surface area contributed by atoms with E-state index in [-0.39, 0.29) is 0 Å². The molecule has 96 valence electrons. The lowest BCUT2D eigenvalue weighted by atomic mass is 10.2. The third-order valence-corrected chi connectivity index (χ3v) is 2.48. The molecule has 0 amide bonds. The molecule has 0 bridgehead atoms. The maximum absolute atomic E-state index is 4.52. The molecular formula is C15H16N4. The lowest BCUT2D eigenvalue weighted by Gasteiger charge is -2.01. The maximum atomic E-state index is 4.52. The molecule has 2 heterocycles. The largest absolute Gasteiger partial charge is 0.265 e. The molecule has 0 aliphatic rings. The van der Waals surface area contributed by atoms with E-state index in [0.29, 0.717) is 0 Å². The fourth-order valence-electron chi connectivity index (χ4n) is 1.73. The van der Waals surface area contributed by atoms with Crippen molar-refractivity contribution in [2.45, 2.75) is 20.3 Å². The third-order valence-electron chi connectivity index (χ3n) is 2.48. The van der Waals surface area contributed by atoms with Gasteiger partial charge >= 0.3 is 0 Å². The average Bonchev–Trinajstić information content (AvgIpc) is 2.40. The summed E-state index contributed by atoms with van der Waals surface area (Å²) in [7, 11) is 0. The van der Waals surface area contributed by atoms with Gasteiger partial charge in [-0.3, -0.25) is 20.0 Å². The van der Waals surface area contributed by atoms with Gasteiger partial charge in [0, 0.05) is 42.6 Å². The van der Waals surface area contributed by atoms with Gasteiger partial charge in [-0.25, -0.2) is 0 Å². The molecule has 0 aliphatic carbocycles. The molecule has 4 nitrogen and oxygen atoms in total. The second-order valence-electron chi connectivity index (χ2n) is 4.28. The topological polar surface area (TPSA) is 50.5 Å². The molecule has 4 heteroatoms. The van der Waals surface area contributed by atoms with Crippen LogP contribution in [-0.4, -0.2) is 21.4 Å². The predicted molar refractivity (Wildman–Crippen MR) is 78.6 cm³/mol. The second-order valence-corrected chi connectivity index (χ2v) is 4.28. The summed E-state index contributed by atoms with van der Waals surface area (Å²) in [4.78, 5) is 17.0. The maximum Gasteiger partial charge on any atom is 0.0659 e. The highest BCUT2D eigenvalue weighted by Crippen LogP contribution is 2.12. The highest BCUT2D eigenvalue weighted by Gasteiger charge is 1.97. The molecule has 0 aliphatic heterocycles. The molecule has 2 aromatic heterocycles. The number of aromatic nitrogens is 2. The Morgan fingerprint density at radius 2 is 1.16 bits per heavy atom. The Labute approximate surface area is 113 Å². The minimum absolute atomic E-state index is 0.755. The molecule has 0 radical (unpaired) electrons. The summed E-state index contributed by atoms with van der Waals surface area (Å²) in [6, 6.07) is 7.55. The lowest BCUT2D eigenvalue weighted by Crippen LogP contribution is -2.00. The third kappa shape index (κ3) is 4.43. The molecule has 2 aromatic rings. The van der Waals surface area contributed by atoms with E-state index >= 15 is 0 Å². The average molecular weight is 252 g/mol. The predicted octanol–water partition coefficient (Wildman–Crippen LogP) is 3.75. The van der Waals surface area contributed by atoms with Gasteiger partial charge in [-0.2, -0.15) is 0 Å². The minimum atomic E-state index is 0.755. The highest BCUT2D eigenvalue weighted by atomic mass is 14.8. The first-order chi connectivity index (χ1) is 9.24. The standard InChI is InChI=1S/C15H16N4/c1-12(18-14-3-7-16-8-4-14)11-13(2)19-15-5-9-17-10-6-15/h3-10H,11H2,1-2H3. The smallest absolute Gasteiger partial charge is 0.0659 e. The van der Waals surface area contributed by atoms with Crippen molar-refractivity contribution >= 4 is 22.8 Å². The van der Waals surface area contributed by atoms with E-state index < -0.39 is 0 Å². The SMILES string of the molecule is CC(CC(C)=Nc1ccncc1)=Nc1ccncc1. The van der Waals surface area contributed by atoms with Crippen molar-refractivity contribution in [1.29, 1.82) is 0 Å². The first kappa shape index (κ1) is 13.1. The van der Waals surface area contributed by atoms with Crippen LogP contribution in [0.5, 0.6) is 0 Å². The van der Waals surface area contributed by atoms with Gasteiger partial charge in [0.05, 0.1) is 11.4 Å². The first-order valence-electron chi connectivity index (χ1n) is 6.12. The van der Waals surface area contributed by atoms with Crippen LogP contribution in [0.4, 0.5) is 11.4 Å². The Balaban J connectivity index is 2.05. The van der Waals surface area contributed by atoms with Crippen molar-refractivity contribution in [2.24, 2.45) is 9.98 Å². The van der Waals surface area contributed by atoms with Crippen LogP contribution in [0.1, 0.15) is 20.3 Å². The van der Waals surface area contributed by atoms with E-state index in [2.05, 4.69) is 20.0 Å². The van der Waals surface area contributed by atoms with Gasteiger partial charge in [0.15, 0.2) is 0 Å². The summed E-state index contributed by atoms with van der Waals surface area (Å²) >= 11 is 0. The van der Waals surface area contributed by atoms with Gasteiger partial charge in [0.2, 0.25) is 0 Å². The number of nitrogens with zero attached hydrogens (tertiary/aromatic N) is 4. The van der Waals surface area contributed by atoms with E-state index in [9.17, 15) is 0 Å². The molecule has 0 spiro atoms. The lowest BCUT2D eigenvalue weighted by molar-refractivity contribution is 1.29. The van der Waals surface area contributed by atoms with Gasteiger partial charge in [0.25, 0.3) is 0 Å². The molecule has 2 rings (SSSR count). The van der Waals surface area contributed by atoms with Crippen LogP contribution >= 0.6 is 0 Å². The summed E-state index contributed by atoms with van der Waals surface area (Å²) < 4.78 is 0. The van der Waals surface area contributed by atoms with Crippen LogP contribution in [0.15, 0.2) is 59.0 Å². The molecular weight excluding hydrogens is 236 g/mol. The Bertz CT molecular complexity index is 520. The van der Waals surface area contributed by atoms with Crippen LogP contribution in [0.2, 0.25) is 0 Å². The number of pyridine rings is 2. The van der Waals surface area contributed by atoms with Crippen molar-refractivity contribution in [2.75, 3.05) is 0 Å². The number of hydrogen-bond donors (Lipinski definition) is 0. The summed E-state index contributed by atoms with van der Waals surface area (Å²) in [5.41, 5.74) is 3.90. The molecule has 0 unspecified atom stereocenters. The van der Waals surface area contributed by atoms with Crippen molar-refractivity contribution in [1.82, 2.24) is 9.97 Å². The van der Waals surface area contributed by atoms with Crippen LogP contribution in [-0.2, 0) is 0 Å². The molecule has 0 saturated carbocycles. The Hall–Kier alpha value is -2.36. The van der Waals surface area contributed by atoms with Crippen molar-refractivity contribution in [3.63, 3.8) is 0 Å². The number of hydrogen-bond acceptors (Lipinski definition) is 4. The van der Waals surface area contributed by atoms with E-state index in [1.54, 1.807) is 24.8 Å². The molecule has 0 saturated heterocycles. The molecule has 19 heavy (non-hydrogen) atoms. The van der Waals surface area contributed by atoms with E-state index in [1.165, 1.54) is 0 Å². The van der Waals surface area contributed by atoms with Gasteiger partial charge in [0.1, 0.15) is 0 Å². The molecule has 0 fully saturated rings. The van der Waals surface area contributed by atoms with Crippen molar-refractivity contribution in [3.05, 3.63) is 49.1 Å². The summed E-state index contributed by atoms with van der Waals surface area (Å²) in [5, 5.41) is 0.